The lowest BCUT2D eigenvalue weighted by Crippen LogP contribution is -2.50. The van der Waals surface area contributed by atoms with Crippen LogP contribution in [0.5, 0.6) is 17.2 Å². The first-order chi connectivity index (χ1) is 21.1. The summed E-state index contributed by atoms with van der Waals surface area (Å²) in [6.07, 6.45) is -0.620. The van der Waals surface area contributed by atoms with Crippen LogP contribution in [0.2, 0.25) is 0 Å². The van der Waals surface area contributed by atoms with E-state index in [0.717, 1.165) is 0 Å². The van der Waals surface area contributed by atoms with Crippen molar-refractivity contribution >= 4 is 35.0 Å². The fourth-order valence-corrected chi connectivity index (χ4v) is 4.92. The molecule has 44 heavy (non-hydrogen) atoms. The van der Waals surface area contributed by atoms with E-state index in [-0.39, 0.29) is 55.3 Å². The van der Waals surface area contributed by atoms with Crippen LogP contribution < -0.4 is 30.2 Å². The van der Waals surface area contributed by atoms with Crippen LogP contribution in [0.15, 0.2) is 60.7 Å². The number of urea groups is 2. The van der Waals surface area contributed by atoms with E-state index in [2.05, 4.69) is 16.0 Å². The Labute approximate surface area is 253 Å². The number of benzene rings is 3. The van der Waals surface area contributed by atoms with Gasteiger partial charge in [0.05, 0.1) is 30.4 Å². The summed E-state index contributed by atoms with van der Waals surface area (Å²) in [5.74, 6) is 0.155. The third-order valence-corrected chi connectivity index (χ3v) is 7.47. The monoisotopic (exact) mass is 607 g/mol. The molecule has 3 aromatic carbocycles. The summed E-state index contributed by atoms with van der Waals surface area (Å²) < 4.78 is 30.5. The second kappa shape index (κ2) is 13.1. The number of nitrogens with zero attached hydrogens (tertiary/aromatic N) is 2. The molecule has 13 heteroatoms. The van der Waals surface area contributed by atoms with Gasteiger partial charge in [-0.3, -0.25) is 4.79 Å². The van der Waals surface area contributed by atoms with Gasteiger partial charge in [-0.2, -0.15) is 0 Å². The lowest BCUT2D eigenvalue weighted by Gasteiger charge is -2.38. The van der Waals surface area contributed by atoms with Crippen molar-refractivity contribution in [3.8, 4) is 17.2 Å². The van der Waals surface area contributed by atoms with E-state index in [1.807, 2.05) is 6.92 Å². The van der Waals surface area contributed by atoms with E-state index in [0.29, 0.717) is 22.9 Å². The average molecular weight is 608 g/mol. The number of para-hydroxylation sites is 1. The molecular formula is C31H34FN5O7. The smallest absolute Gasteiger partial charge is 0.323 e. The van der Waals surface area contributed by atoms with Crippen LogP contribution in [-0.4, -0.2) is 78.6 Å². The molecule has 3 atom stereocenters. The highest BCUT2D eigenvalue weighted by Crippen LogP contribution is 2.36. The number of carbonyl (C=O) groups excluding carboxylic acids is 3. The summed E-state index contributed by atoms with van der Waals surface area (Å²) in [5, 5.41) is 18.1. The van der Waals surface area contributed by atoms with Crippen LogP contribution >= 0.6 is 0 Å². The fraction of sp³-hybridized carbons (Fsp3) is 0.323. The number of fused-ring (bicyclic) bond motifs is 2. The number of hydrogen-bond acceptors (Lipinski definition) is 7. The first-order valence-corrected chi connectivity index (χ1v) is 14.1. The Morgan fingerprint density at radius 3 is 2.52 bits per heavy atom. The summed E-state index contributed by atoms with van der Waals surface area (Å²) in [4.78, 5) is 42.8. The number of halogens is 1. The maximum Gasteiger partial charge on any atom is 0.323 e. The molecule has 2 heterocycles. The van der Waals surface area contributed by atoms with E-state index in [1.54, 1.807) is 55.3 Å². The predicted octanol–water partition coefficient (Wildman–Crippen LogP) is 4.58. The number of likely N-dealkylation sites (N-methyl/N-ethyl adjacent to an activating group) is 1. The second-order valence-corrected chi connectivity index (χ2v) is 10.8. The molecule has 2 aliphatic rings. The number of aliphatic hydroxyl groups excluding tert-OH is 1. The van der Waals surface area contributed by atoms with Crippen LogP contribution in [0, 0.1) is 11.7 Å². The van der Waals surface area contributed by atoms with E-state index in [1.165, 1.54) is 29.2 Å². The molecule has 232 valence electrons. The van der Waals surface area contributed by atoms with Gasteiger partial charge in [0.25, 0.3) is 5.91 Å². The van der Waals surface area contributed by atoms with Gasteiger partial charge in [0, 0.05) is 37.0 Å². The van der Waals surface area contributed by atoms with Gasteiger partial charge in [-0.1, -0.05) is 13.0 Å². The molecule has 0 bridgehead atoms. The van der Waals surface area contributed by atoms with E-state index in [9.17, 15) is 23.9 Å². The summed E-state index contributed by atoms with van der Waals surface area (Å²) in [6, 6.07) is 13.6. The van der Waals surface area contributed by atoms with Gasteiger partial charge in [-0.15, -0.1) is 0 Å². The number of rotatable bonds is 7. The molecule has 5 rings (SSSR count). The number of ether oxygens (including phenoxy) is 3. The van der Waals surface area contributed by atoms with Crippen molar-refractivity contribution in [2.24, 2.45) is 5.92 Å². The normalized spacial score (nSPS) is 17.8. The molecule has 12 nitrogen and oxygen atoms in total. The van der Waals surface area contributed by atoms with Crippen molar-refractivity contribution in [3.63, 3.8) is 0 Å². The van der Waals surface area contributed by atoms with Crippen LogP contribution in [-0.2, 0) is 0 Å². The lowest BCUT2D eigenvalue weighted by molar-refractivity contribution is 0.0373. The first kappa shape index (κ1) is 30.4. The largest absolute Gasteiger partial charge is 0.485 e. The van der Waals surface area contributed by atoms with Crippen molar-refractivity contribution in [2.75, 3.05) is 49.5 Å². The van der Waals surface area contributed by atoms with Crippen molar-refractivity contribution < 1.29 is 38.1 Å². The predicted molar refractivity (Wildman–Crippen MR) is 161 cm³/mol. The summed E-state index contributed by atoms with van der Waals surface area (Å²) >= 11 is 0. The van der Waals surface area contributed by atoms with E-state index < -0.39 is 30.0 Å². The zero-order valence-electron chi connectivity index (χ0n) is 24.5. The molecule has 0 aromatic heterocycles. The molecule has 0 unspecified atom stereocenters. The Bertz CT molecular complexity index is 1540. The number of carbonyl (C=O) groups is 3. The minimum Gasteiger partial charge on any atom is -0.485 e. The average Bonchev–Trinajstić information content (AvgIpc) is 3.48. The molecule has 4 N–H and O–H groups in total. The van der Waals surface area contributed by atoms with Gasteiger partial charge in [-0.05, 0) is 55.5 Å². The third-order valence-electron chi connectivity index (χ3n) is 7.47. The topological polar surface area (TPSA) is 142 Å². The quantitative estimate of drug-likeness (QED) is 0.308. The standard InChI is InChI=1S/C31H34FN5O7/c1-18-14-37(19(2)16-38)29(39)23-5-4-6-24(35-30(40)33-21-9-7-20(32)8-10-21)28(23)44-27(18)15-36(3)31(41)34-22-11-12-25-26(13-22)43-17-42-25/h4-13,18-19,27,38H,14-17H2,1-3H3,(H,34,41)(H2,33,35,40)/t18-,19+,27-/m0/s1. The molecule has 0 saturated carbocycles. The minimum absolute atomic E-state index is 0.115. The van der Waals surface area contributed by atoms with Crippen molar-refractivity contribution in [3.05, 3.63) is 72.0 Å². The number of amides is 5. The Morgan fingerprint density at radius 2 is 1.77 bits per heavy atom. The highest BCUT2D eigenvalue weighted by molar-refractivity contribution is 6.04. The van der Waals surface area contributed by atoms with Crippen molar-refractivity contribution in [2.45, 2.75) is 26.0 Å². The second-order valence-electron chi connectivity index (χ2n) is 10.8. The molecule has 0 aliphatic carbocycles. The Balaban J connectivity index is 1.38. The van der Waals surface area contributed by atoms with Crippen LogP contribution in [0.25, 0.3) is 0 Å². The Kier molecular flexibility index (Phi) is 9.04. The molecule has 5 amide bonds. The highest BCUT2D eigenvalue weighted by atomic mass is 19.1. The molecule has 0 saturated heterocycles. The fourth-order valence-electron chi connectivity index (χ4n) is 4.92. The molecule has 3 aromatic rings. The van der Waals surface area contributed by atoms with Crippen molar-refractivity contribution in [1.82, 2.24) is 9.80 Å². The summed E-state index contributed by atoms with van der Waals surface area (Å²) in [7, 11) is 1.62. The molecular weight excluding hydrogens is 573 g/mol. The van der Waals surface area contributed by atoms with Gasteiger partial charge in [-0.25, -0.2) is 14.0 Å². The van der Waals surface area contributed by atoms with Crippen LogP contribution in [0.3, 0.4) is 0 Å². The van der Waals surface area contributed by atoms with E-state index in [4.69, 9.17) is 14.2 Å². The van der Waals surface area contributed by atoms with Gasteiger partial charge >= 0.3 is 12.1 Å². The van der Waals surface area contributed by atoms with Crippen LogP contribution in [0.4, 0.5) is 31.0 Å². The molecule has 0 radical (unpaired) electrons. The van der Waals surface area contributed by atoms with Gasteiger partial charge in [0.2, 0.25) is 6.79 Å². The lowest BCUT2D eigenvalue weighted by atomic mass is 9.99. The van der Waals surface area contributed by atoms with Crippen molar-refractivity contribution in [1.29, 1.82) is 0 Å². The zero-order valence-corrected chi connectivity index (χ0v) is 24.5. The molecule has 2 aliphatic heterocycles. The number of anilines is 3. The number of aliphatic hydroxyl groups is 1. The number of hydrogen-bond donors (Lipinski definition) is 4. The van der Waals surface area contributed by atoms with Gasteiger partial charge in [0.15, 0.2) is 17.2 Å². The van der Waals surface area contributed by atoms with Gasteiger partial charge < -0.3 is 45.1 Å². The van der Waals surface area contributed by atoms with Crippen LogP contribution in [0.1, 0.15) is 24.2 Å². The SMILES string of the molecule is C[C@H](CO)N1C[C@H](C)[C@H](CN(C)C(=O)Nc2ccc3c(c2)OCO3)Oc2c(NC(=O)Nc3ccc(F)cc3)cccc2C1=O. The van der Waals surface area contributed by atoms with E-state index >= 15 is 0 Å². The maximum atomic E-state index is 13.7. The zero-order chi connectivity index (χ0) is 31.4. The Hall–Kier alpha value is -5.04. The molecule has 0 spiro atoms. The summed E-state index contributed by atoms with van der Waals surface area (Å²) in [5.41, 5.74) is 1.30. The first-order valence-electron chi connectivity index (χ1n) is 14.1. The van der Waals surface area contributed by atoms with Gasteiger partial charge in [0.1, 0.15) is 11.9 Å². The third kappa shape index (κ3) is 6.78. The Morgan fingerprint density at radius 1 is 1.05 bits per heavy atom. The highest BCUT2D eigenvalue weighted by Gasteiger charge is 2.35. The number of nitrogens with one attached hydrogen (secondary N) is 3. The maximum absolute atomic E-state index is 13.7. The minimum atomic E-state index is -0.631. The molecule has 0 fully saturated rings. The summed E-state index contributed by atoms with van der Waals surface area (Å²) in [6.45, 7) is 3.87.